The number of ether oxygens (including phenoxy) is 7. The molecule has 0 aliphatic carbocycles. The molecule has 4 rings (SSSR count). The van der Waals surface area contributed by atoms with Crippen molar-refractivity contribution < 1.29 is 71.1 Å². The van der Waals surface area contributed by atoms with Crippen LogP contribution in [0, 0.1) is 11.8 Å². The van der Waals surface area contributed by atoms with Crippen molar-refractivity contribution in [2.24, 2.45) is 11.8 Å². The predicted molar refractivity (Wildman–Crippen MR) is 253 cm³/mol. The fraction of sp³-hybridized carbons (Fsp3) is 0.857. The normalized spacial score (nSPS) is 33.4. The lowest BCUT2D eigenvalue weighted by molar-refractivity contribution is -0.347. The second-order valence-corrected chi connectivity index (χ2v) is 31.1. The van der Waals surface area contributed by atoms with Gasteiger partial charge in [0.2, 0.25) is 0 Å². The Hall–Kier alpha value is -2.36. The molecule has 0 radical (unpaired) electrons. The van der Waals surface area contributed by atoms with Gasteiger partial charge in [-0.1, -0.05) is 67.5 Å². The Morgan fingerprint density at radius 1 is 0.788 bits per heavy atom. The average Bonchev–Trinajstić information content (AvgIpc) is 3.19. The van der Waals surface area contributed by atoms with Gasteiger partial charge in [-0.15, -0.1) is 0 Å². The first-order chi connectivity index (χ1) is 30.6. The van der Waals surface area contributed by atoms with Gasteiger partial charge in [0.05, 0.1) is 48.5 Å². The third-order valence-corrected chi connectivity index (χ3v) is 24.5. The summed E-state index contributed by atoms with van der Waals surface area (Å²) >= 11 is 0. The van der Waals surface area contributed by atoms with Gasteiger partial charge < -0.3 is 51.9 Å². The van der Waals surface area contributed by atoms with Crippen molar-refractivity contribution in [2.75, 3.05) is 7.11 Å². The van der Waals surface area contributed by atoms with Gasteiger partial charge in [0, 0.05) is 84.7 Å². The number of carbonyl (C=O) groups is 5. The number of hydrogen-bond acceptors (Lipinski definition) is 14. The fourth-order valence-corrected chi connectivity index (χ4v) is 15.2. The number of methoxy groups -OCH3 is 1. The highest BCUT2D eigenvalue weighted by molar-refractivity contribution is 6.74. The molecule has 13 atom stereocenters. The van der Waals surface area contributed by atoms with Crippen molar-refractivity contribution in [1.82, 2.24) is 0 Å². The Bertz CT molecular complexity index is 1680. The molecule has 17 heteroatoms. The number of carbonyl (C=O) groups excluding carboxylic acids is 4. The molecule has 0 aromatic rings. The molecule has 4 aliphatic heterocycles. The van der Waals surface area contributed by atoms with Crippen LogP contribution in [-0.2, 0) is 66.0 Å². The molecule has 66 heavy (non-hydrogen) atoms. The van der Waals surface area contributed by atoms with Gasteiger partial charge in [0.15, 0.2) is 28.2 Å². The van der Waals surface area contributed by atoms with Crippen molar-refractivity contribution in [3.05, 3.63) is 12.2 Å². The van der Waals surface area contributed by atoms with Gasteiger partial charge in [-0.3, -0.25) is 19.2 Å². The summed E-state index contributed by atoms with van der Waals surface area (Å²) in [6.07, 6.45) is -1.18. The molecule has 4 saturated heterocycles. The number of aldehydes is 1. The monoisotopic (exact) mass is 969 g/mol. The zero-order chi connectivity index (χ0) is 49.6. The van der Waals surface area contributed by atoms with Crippen LogP contribution in [0.5, 0.6) is 0 Å². The van der Waals surface area contributed by atoms with Gasteiger partial charge >= 0.3 is 17.9 Å². The molecular weight excluding hydrogens is 885 g/mol. The van der Waals surface area contributed by atoms with Crippen LogP contribution >= 0.6 is 0 Å². The Kier molecular flexibility index (Phi) is 19.3. The summed E-state index contributed by atoms with van der Waals surface area (Å²) in [6, 6.07) is 2.72. The predicted octanol–water partition coefficient (Wildman–Crippen LogP) is 9.00. The molecule has 0 bridgehead atoms. The molecule has 4 heterocycles. The van der Waals surface area contributed by atoms with E-state index in [1.165, 1.54) is 13.8 Å². The van der Waals surface area contributed by atoms with E-state index in [0.29, 0.717) is 50.5 Å². The lowest BCUT2D eigenvalue weighted by atomic mass is 9.78. The Labute approximate surface area is 396 Å². The van der Waals surface area contributed by atoms with Gasteiger partial charge in [-0.05, 0) is 49.6 Å². The Morgan fingerprint density at radius 3 is 1.89 bits per heavy atom. The summed E-state index contributed by atoms with van der Waals surface area (Å²) in [5.41, 5.74) is -0.0620. The topological polar surface area (TPSA) is 189 Å². The standard InChI is InChI=1S/C49H84O15Si2/c1-16-66(17-2,18-3)64-47(12)25-40(61-49(30-47)27-39(57-34(7)51)21-37(60-49)24-44(54)55)19-31(4)32(5)45(58-35(8)52)33(6)43(53)23-36-20-38(56-13)26-48(59-36)28-41(22-42(29-50)62-48)63-65(14,15)46(9,10)11/h29,32-33,36-42,45H,4,16-28,30H2,1-3,5-15H3,(H,54,55)/t32-,33-,36+,37-,38+,39+,40+,41+,42-,45+,47+,48-,49-/m1/s1. The summed E-state index contributed by atoms with van der Waals surface area (Å²) in [5, 5.41) is 9.76. The van der Waals surface area contributed by atoms with Crippen LogP contribution in [0.4, 0.5) is 0 Å². The first-order valence-corrected chi connectivity index (χ1v) is 29.9. The zero-order valence-electron chi connectivity index (χ0n) is 42.6. The number of ketones is 1. The molecule has 378 valence electrons. The summed E-state index contributed by atoms with van der Waals surface area (Å²) in [6.45, 7) is 30.2. The quantitative estimate of drug-likeness (QED) is 0.0496. The summed E-state index contributed by atoms with van der Waals surface area (Å²) in [4.78, 5) is 63.7. The lowest BCUT2D eigenvalue weighted by Crippen LogP contribution is -2.61. The maximum atomic E-state index is 14.4. The number of rotatable bonds is 21. The van der Waals surface area contributed by atoms with Crippen molar-refractivity contribution in [3.63, 3.8) is 0 Å². The molecule has 0 amide bonds. The molecule has 4 fully saturated rings. The minimum atomic E-state index is -2.22. The van der Waals surface area contributed by atoms with E-state index in [1.54, 1.807) is 14.0 Å². The smallest absolute Gasteiger partial charge is 0.305 e. The minimum Gasteiger partial charge on any atom is -0.481 e. The molecule has 0 aromatic carbocycles. The zero-order valence-corrected chi connectivity index (χ0v) is 44.6. The van der Waals surface area contributed by atoms with Crippen LogP contribution in [-0.4, -0.2) is 125 Å². The van der Waals surface area contributed by atoms with Crippen LogP contribution < -0.4 is 0 Å². The molecule has 15 nitrogen and oxygen atoms in total. The summed E-state index contributed by atoms with van der Waals surface area (Å²) < 4.78 is 58.3. The first kappa shape index (κ1) is 56.2. The second kappa shape index (κ2) is 22.6. The third-order valence-electron chi connectivity index (χ3n) is 15.2. The number of hydrogen-bond donors (Lipinski definition) is 1. The van der Waals surface area contributed by atoms with Gasteiger partial charge in [-0.2, -0.15) is 0 Å². The van der Waals surface area contributed by atoms with Crippen molar-refractivity contribution in [3.8, 4) is 0 Å². The van der Waals surface area contributed by atoms with Crippen molar-refractivity contribution in [2.45, 2.75) is 249 Å². The van der Waals surface area contributed by atoms with E-state index < -0.39 is 100 Å². The van der Waals surface area contributed by atoms with Crippen LogP contribution in [0.1, 0.15) is 147 Å². The lowest BCUT2D eigenvalue weighted by Gasteiger charge is -2.55. The van der Waals surface area contributed by atoms with Gasteiger partial charge in [0.1, 0.15) is 30.4 Å². The second-order valence-electron chi connectivity index (χ2n) is 21.7. The largest absolute Gasteiger partial charge is 0.481 e. The molecular formula is C49H84O15Si2. The Balaban J connectivity index is 1.58. The highest BCUT2D eigenvalue weighted by Crippen LogP contribution is 2.50. The number of aliphatic carboxylic acids is 1. The Morgan fingerprint density at radius 2 is 1.35 bits per heavy atom. The van der Waals surface area contributed by atoms with E-state index in [1.807, 2.05) is 6.92 Å². The van der Waals surface area contributed by atoms with Crippen LogP contribution in [0.2, 0.25) is 36.3 Å². The molecule has 1 N–H and O–H groups in total. The third kappa shape index (κ3) is 14.6. The number of Topliss-reactive ketones (excluding diaryl/α,β-unsaturated/α-hetero) is 1. The maximum absolute atomic E-state index is 14.4. The molecule has 2 spiro atoms. The molecule has 0 aromatic heterocycles. The molecule has 0 saturated carbocycles. The van der Waals surface area contributed by atoms with E-state index in [4.69, 9.17) is 42.0 Å². The van der Waals surface area contributed by atoms with E-state index >= 15 is 0 Å². The van der Waals surface area contributed by atoms with Crippen LogP contribution in [0.15, 0.2) is 12.2 Å². The maximum Gasteiger partial charge on any atom is 0.305 e. The van der Waals surface area contributed by atoms with E-state index in [9.17, 15) is 29.1 Å². The summed E-state index contributed by atoms with van der Waals surface area (Å²) in [7, 11) is -2.82. The van der Waals surface area contributed by atoms with Gasteiger partial charge in [-0.25, -0.2) is 0 Å². The van der Waals surface area contributed by atoms with E-state index in [2.05, 4.69) is 68.1 Å². The van der Waals surface area contributed by atoms with Crippen molar-refractivity contribution >= 4 is 46.6 Å². The highest BCUT2D eigenvalue weighted by atomic mass is 28.4. The average molecular weight is 969 g/mol. The van der Waals surface area contributed by atoms with E-state index in [0.717, 1.165) is 24.4 Å². The highest BCUT2D eigenvalue weighted by Gasteiger charge is 2.56. The van der Waals surface area contributed by atoms with Crippen LogP contribution in [0.25, 0.3) is 0 Å². The first-order valence-electron chi connectivity index (χ1n) is 24.4. The molecule has 4 aliphatic rings. The van der Waals surface area contributed by atoms with Gasteiger partial charge in [0.25, 0.3) is 0 Å². The fourth-order valence-electron chi connectivity index (χ4n) is 10.7. The van der Waals surface area contributed by atoms with E-state index in [-0.39, 0.29) is 48.7 Å². The van der Waals surface area contributed by atoms with Crippen molar-refractivity contribution in [1.29, 1.82) is 0 Å². The summed E-state index contributed by atoms with van der Waals surface area (Å²) in [5.74, 6) is -6.03. The van der Waals surface area contributed by atoms with Crippen LogP contribution in [0.3, 0.4) is 0 Å². The molecule has 0 unspecified atom stereocenters. The number of carboxylic acids is 1. The minimum absolute atomic E-state index is 0.0111. The number of esters is 2. The number of carboxylic acid groups (broad SMARTS) is 1. The SMILES string of the molecule is C=C(C[C@H]1C[C@](C)(O[Si](CC)(CC)CC)C[C@@]2(C[C@@H](OC(C)=O)C[C@H](CC(=O)O)O2)O1)[C@@H](C)[C@H](OC(C)=O)[C@H](C)C(=O)C[C@@H]1C[C@H](OC)C[C@@]2(C[C@@H](O[Si](C)(C)C(C)(C)C)C[C@H](C=O)O2)O1.